The van der Waals surface area contributed by atoms with E-state index in [0.29, 0.717) is 66.1 Å². The van der Waals surface area contributed by atoms with Gasteiger partial charge in [-0.15, -0.1) is 0 Å². The molecule has 35 heteroatoms. The zero-order chi connectivity index (χ0) is 45.3. The number of ether oxygens (including phenoxy) is 10. The summed E-state index contributed by atoms with van der Waals surface area (Å²) in [5, 5.41) is 0. The Balaban J connectivity index is 2.54. The molecule has 60 heavy (non-hydrogen) atoms. The first-order valence-electron chi connectivity index (χ1n) is 17.3. The molecule has 360 valence electrons. The lowest BCUT2D eigenvalue weighted by molar-refractivity contribution is -0.220. The fraction of sp³-hybridized carbons (Fsp3) is 1.00. The van der Waals surface area contributed by atoms with Gasteiger partial charge in [0, 0.05) is 7.11 Å². The maximum atomic E-state index is 11.9. The minimum absolute atomic E-state index is 0.0205. The Morgan fingerprint density at radius 2 is 0.450 bits per heavy atom. The van der Waals surface area contributed by atoms with E-state index in [1.165, 1.54) is 0 Å². The summed E-state index contributed by atoms with van der Waals surface area (Å²) in [6.45, 7) is 3.79. The van der Waals surface area contributed by atoms with Crippen LogP contribution < -0.4 is 0 Å². The van der Waals surface area contributed by atoms with Crippen molar-refractivity contribution in [3.63, 3.8) is 0 Å². The highest BCUT2D eigenvalue weighted by atomic mass is 31.2. The second-order valence-corrected chi connectivity index (χ2v) is 17.5. The van der Waals surface area contributed by atoms with E-state index in [1.807, 2.05) is 0 Å². The molecule has 1 rings (SSSR count). The van der Waals surface area contributed by atoms with Gasteiger partial charge < -0.3 is 96.3 Å². The van der Waals surface area contributed by atoms with Crippen LogP contribution in [0.5, 0.6) is 0 Å². The lowest BCUT2D eigenvalue weighted by Crippen LogP contribution is -2.66. The van der Waals surface area contributed by atoms with E-state index in [4.69, 9.17) is 47.4 Å². The molecule has 0 aromatic rings. The monoisotopic (exact) mass is 990 g/mol. The molecule has 1 saturated carbocycles. The first-order valence-corrected chi connectivity index (χ1v) is 25.0. The van der Waals surface area contributed by atoms with Gasteiger partial charge in [0.2, 0.25) is 0 Å². The van der Waals surface area contributed by atoms with Crippen molar-refractivity contribution in [2.45, 2.75) is 36.6 Å². The highest BCUT2D eigenvalue weighted by Crippen LogP contribution is 2.55. The number of methoxy groups -OCH3 is 1. The smallest absolute Gasteiger partial charge is 0.382 e. The summed E-state index contributed by atoms with van der Waals surface area (Å²) >= 11 is 0. The molecule has 0 amide bonds. The van der Waals surface area contributed by atoms with E-state index < -0.39 is 89.0 Å². The first kappa shape index (κ1) is 58.2. The van der Waals surface area contributed by atoms with Gasteiger partial charge in [0.15, 0.2) is 0 Å². The van der Waals surface area contributed by atoms with Crippen LogP contribution in [0.25, 0.3) is 0 Å². The number of hydrogen-bond donors (Lipinski definition) is 10. The molecule has 1 fully saturated rings. The second kappa shape index (κ2) is 30.4. The summed E-state index contributed by atoms with van der Waals surface area (Å²) in [5.74, 6) is 0. The molecule has 1 aliphatic carbocycles. The number of phosphoric acid groups is 5. The molecular weight excluding hydrogens is 935 g/mol. The summed E-state index contributed by atoms with van der Waals surface area (Å²) in [4.78, 5) is 95.0. The van der Waals surface area contributed by atoms with Crippen molar-refractivity contribution in [3.05, 3.63) is 0 Å². The lowest BCUT2D eigenvalue weighted by Gasteiger charge is -2.48. The standard InChI is InChI=1S/C25H55O30P5/c1-41-2-3-42-4-5-43-6-7-44-8-9-45-10-11-46-12-13-47-14-15-48-16-17-49-18-19-50-20-21(51-56(26,27)28)23(53-58(32,33)34)25(55-60(38,39)40)24(54-59(35,36)37)22(20)52-57(29,30)31/h20-25H,2-19H2,1H3,(H2,26,27,28)(H2,29,30,31)(H2,32,33,34)(H2,35,36,37)(H2,38,39,40)/t20?,21-,22+,23+,24-,25?. The van der Waals surface area contributed by atoms with Crippen molar-refractivity contribution in [3.8, 4) is 0 Å². The van der Waals surface area contributed by atoms with Crippen LogP contribution in [-0.2, 0) is 92.8 Å². The van der Waals surface area contributed by atoms with Crippen LogP contribution in [0.1, 0.15) is 0 Å². The maximum absolute atomic E-state index is 11.9. The highest BCUT2D eigenvalue weighted by molar-refractivity contribution is 7.47. The minimum Gasteiger partial charge on any atom is -0.382 e. The molecule has 0 heterocycles. The predicted molar refractivity (Wildman–Crippen MR) is 193 cm³/mol. The SMILES string of the molecule is COCCOCCOCCOCCOCCOCCOCCOCCOCCOC1[C@@H](OP(=O)(O)O)[C@H](OP(=O)(O)O)C(OP(=O)(O)O)[C@H](OP(=O)(O)O)[C@H]1OP(=O)(O)O. The van der Waals surface area contributed by atoms with Gasteiger partial charge in [-0.3, -0.25) is 22.6 Å². The van der Waals surface area contributed by atoms with Gasteiger partial charge in [-0.2, -0.15) is 0 Å². The minimum atomic E-state index is -5.94. The third-order valence-corrected chi connectivity index (χ3v) is 9.40. The molecule has 0 aromatic carbocycles. The second-order valence-electron chi connectivity index (χ2n) is 11.5. The van der Waals surface area contributed by atoms with E-state index in [2.05, 4.69) is 22.6 Å². The largest absolute Gasteiger partial charge is 0.470 e. The average molecular weight is 991 g/mol. The van der Waals surface area contributed by atoms with Crippen molar-refractivity contribution >= 4 is 39.1 Å². The van der Waals surface area contributed by atoms with E-state index in [-0.39, 0.29) is 39.6 Å². The predicted octanol–water partition coefficient (Wildman–Crippen LogP) is -2.45. The Morgan fingerprint density at radius 1 is 0.283 bits per heavy atom. The van der Waals surface area contributed by atoms with Gasteiger partial charge in [0.05, 0.1) is 119 Å². The maximum Gasteiger partial charge on any atom is 0.470 e. The fourth-order valence-electron chi connectivity index (χ4n) is 4.73. The van der Waals surface area contributed by atoms with Crippen LogP contribution >= 0.6 is 39.1 Å². The molecule has 1 aliphatic rings. The summed E-state index contributed by atoms with van der Waals surface area (Å²) in [6.07, 6.45) is -16.7. The van der Waals surface area contributed by atoms with E-state index >= 15 is 0 Å². The molecule has 0 spiro atoms. The zero-order valence-electron chi connectivity index (χ0n) is 32.1. The summed E-state index contributed by atoms with van der Waals surface area (Å²) < 4.78 is 134. The summed E-state index contributed by atoms with van der Waals surface area (Å²) in [6, 6.07) is 0. The third kappa shape index (κ3) is 31.1. The first-order chi connectivity index (χ1) is 27.9. The van der Waals surface area contributed by atoms with E-state index in [0.717, 1.165) is 0 Å². The molecular formula is C25H55O30P5. The lowest BCUT2D eigenvalue weighted by atomic mass is 9.85. The normalized spacial score (nSPS) is 22.1. The molecule has 0 bridgehead atoms. The van der Waals surface area contributed by atoms with Crippen LogP contribution in [0.4, 0.5) is 0 Å². The Kier molecular flexibility index (Phi) is 29.4. The van der Waals surface area contributed by atoms with Crippen molar-refractivity contribution in [2.24, 2.45) is 0 Å². The van der Waals surface area contributed by atoms with Crippen LogP contribution in [0.15, 0.2) is 0 Å². The van der Waals surface area contributed by atoms with Gasteiger partial charge >= 0.3 is 39.1 Å². The number of phosphoric ester groups is 5. The van der Waals surface area contributed by atoms with Gasteiger partial charge in [-0.05, 0) is 0 Å². The van der Waals surface area contributed by atoms with Gasteiger partial charge in [-0.25, -0.2) is 22.8 Å². The molecule has 6 atom stereocenters. The molecule has 0 radical (unpaired) electrons. The molecule has 0 aromatic heterocycles. The van der Waals surface area contributed by atoms with Gasteiger partial charge in [-0.1, -0.05) is 0 Å². The molecule has 0 aliphatic heterocycles. The zero-order valence-corrected chi connectivity index (χ0v) is 36.5. The van der Waals surface area contributed by atoms with Crippen LogP contribution in [-0.4, -0.2) is 212 Å². The van der Waals surface area contributed by atoms with Crippen molar-refractivity contribution in [2.75, 3.05) is 126 Å². The van der Waals surface area contributed by atoms with Gasteiger partial charge in [0.25, 0.3) is 0 Å². The number of hydrogen-bond acceptors (Lipinski definition) is 20. The molecule has 10 N–H and O–H groups in total. The van der Waals surface area contributed by atoms with Crippen LogP contribution in [0.3, 0.4) is 0 Å². The fourth-order valence-corrected chi connectivity index (χ4v) is 7.52. The average Bonchev–Trinajstić information content (AvgIpc) is 3.09. The summed E-state index contributed by atoms with van der Waals surface area (Å²) in [5.41, 5.74) is 0. The molecule has 0 saturated heterocycles. The Morgan fingerprint density at radius 3 is 0.633 bits per heavy atom. The molecule has 2 unspecified atom stereocenters. The Labute approximate surface area is 343 Å². The van der Waals surface area contributed by atoms with Crippen molar-refractivity contribution < 1.29 is 142 Å². The Bertz CT molecular complexity index is 1300. The van der Waals surface area contributed by atoms with Crippen molar-refractivity contribution in [1.29, 1.82) is 0 Å². The van der Waals surface area contributed by atoms with Gasteiger partial charge in [0.1, 0.15) is 36.6 Å². The number of rotatable bonds is 38. The highest BCUT2D eigenvalue weighted by Gasteiger charge is 2.61. The third-order valence-electron chi connectivity index (χ3n) is 6.81. The van der Waals surface area contributed by atoms with E-state index in [1.54, 1.807) is 7.11 Å². The van der Waals surface area contributed by atoms with Crippen LogP contribution in [0, 0.1) is 0 Å². The van der Waals surface area contributed by atoms with Crippen molar-refractivity contribution in [1.82, 2.24) is 0 Å². The van der Waals surface area contributed by atoms with Crippen LogP contribution in [0.2, 0.25) is 0 Å². The topological polar surface area (TPSA) is 426 Å². The Hall–Kier alpha value is 0.150. The quantitative estimate of drug-likeness (QED) is 0.0227. The summed E-state index contributed by atoms with van der Waals surface area (Å²) in [7, 11) is -27.9. The van der Waals surface area contributed by atoms with E-state index in [9.17, 15) is 71.8 Å². The molecule has 30 nitrogen and oxygen atoms in total.